The number of hydrogen-bond acceptors (Lipinski definition) is 4. The van der Waals surface area contributed by atoms with Gasteiger partial charge in [-0.05, 0) is 19.6 Å². The van der Waals surface area contributed by atoms with Crippen molar-refractivity contribution in [2.24, 2.45) is 0 Å². The van der Waals surface area contributed by atoms with Gasteiger partial charge in [0.05, 0.1) is 0 Å². The number of carboxylic acid groups (broad SMARTS) is 1. The van der Waals surface area contributed by atoms with Gasteiger partial charge in [0.25, 0.3) is 0 Å². The summed E-state index contributed by atoms with van der Waals surface area (Å²) >= 11 is 7.72. The lowest BCUT2D eigenvalue weighted by molar-refractivity contribution is -0.138. The first-order valence-electron chi connectivity index (χ1n) is 3.49. The molecule has 0 heterocycles. The van der Waals surface area contributed by atoms with Crippen LogP contribution in [0.1, 0.15) is 20.8 Å². The first-order chi connectivity index (χ1) is 5.40. The highest BCUT2D eigenvalue weighted by Crippen LogP contribution is 2.30. The molecule has 2 nitrogen and oxygen atoms in total. The molecule has 0 bridgehead atoms. The highest BCUT2D eigenvalue weighted by Gasteiger charge is 2.29. The van der Waals surface area contributed by atoms with Crippen molar-refractivity contribution in [2.75, 3.05) is 5.75 Å². The Morgan fingerprint density at radius 2 is 2.08 bits per heavy atom. The maximum Gasteiger partial charge on any atom is 0.319 e. The second-order valence-electron chi connectivity index (χ2n) is 2.60. The van der Waals surface area contributed by atoms with E-state index in [4.69, 9.17) is 17.3 Å². The molecular weight excluding hydrogens is 212 g/mol. The molecule has 0 rings (SSSR count). The summed E-state index contributed by atoms with van der Waals surface area (Å²) in [6.45, 7) is 5.30. The molecule has 0 atom stereocenters. The number of carboxylic acids is 1. The molecule has 12 heavy (non-hydrogen) atoms. The molecule has 0 aromatic rings. The Morgan fingerprint density at radius 1 is 1.58 bits per heavy atom. The number of carbonyl (C=O) groups is 1. The standard InChI is InChI=1S/C7H12O2S3/c1-4-11-6(10)12-7(2,3)5(8)9/h4H2,1-3H3,(H,8,9). The minimum absolute atomic E-state index is 0.699. The Balaban J connectivity index is 4.06. The largest absolute Gasteiger partial charge is 0.480 e. The van der Waals surface area contributed by atoms with Gasteiger partial charge in [0.1, 0.15) is 8.28 Å². The fraction of sp³-hybridized carbons (Fsp3) is 0.714. The third-order valence-electron chi connectivity index (χ3n) is 1.12. The molecule has 0 amide bonds. The minimum atomic E-state index is -0.827. The van der Waals surface area contributed by atoms with Gasteiger partial charge in [0.2, 0.25) is 0 Å². The van der Waals surface area contributed by atoms with Crippen molar-refractivity contribution in [3.8, 4) is 0 Å². The second kappa shape index (κ2) is 5.09. The van der Waals surface area contributed by atoms with Crippen molar-refractivity contribution in [1.29, 1.82) is 0 Å². The predicted octanol–water partition coefficient (Wildman–Crippen LogP) is 2.62. The normalized spacial score (nSPS) is 11.2. The Labute approximate surface area is 86.5 Å². The summed E-state index contributed by atoms with van der Waals surface area (Å²) < 4.78 is -0.107. The summed E-state index contributed by atoms with van der Waals surface area (Å²) in [6.07, 6.45) is 0. The van der Waals surface area contributed by atoms with E-state index in [1.807, 2.05) is 6.92 Å². The smallest absolute Gasteiger partial charge is 0.319 e. The molecular formula is C7H12O2S3. The quantitative estimate of drug-likeness (QED) is 0.746. The van der Waals surface area contributed by atoms with Gasteiger partial charge >= 0.3 is 5.97 Å². The number of thioether (sulfide) groups is 2. The molecule has 0 unspecified atom stereocenters. The first kappa shape index (κ1) is 12.3. The van der Waals surface area contributed by atoms with Crippen molar-refractivity contribution >= 4 is 45.2 Å². The van der Waals surface area contributed by atoms with Crippen LogP contribution in [0.2, 0.25) is 0 Å². The molecule has 70 valence electrons. The molecule has 0 aliphatic heterocycles. The summed E-state index contributed by atoms with van der Waals surface area (Å²) in [5, 5.41) is 8.77. The molecule has 0 radical (unpaired) electrons. The third kappa shape index (κ3) is 4.33. The van der Waals surface area contributed by atoms with Crippen LogP contribution in [0.15, 0.2) is 0 Å². The summed E-state index contributed by atoms with van der Waals surface area (Å²) in [4.78, 5) is 10.7. The fourth-order valence-electron chi connectivity index (χ4n) is 0.399. The van der Waals surface area contributed by atoms with Gasteiger partial charge in [-0.15, -0.1) is 11.8 Å². The maximum absolute atomic E-state index is 10.7. The van der Waals surface area contributed by atoms with Gasteiger partial charge in [-0.2, -0.15) is 0 Å². The van der Waals surface area contributed by atoms with E-state index in [0.29, 0.717) is 3.53 Å². The third-order valence-corrected chi connectivity index (χ3v) is 3.70. The molecule has 0 aliphatic carbocycles. The van der Waals surface area contributed by atoms with Crippen LogP contribution in [-0.2, 0) is 4.79 Å². The highest BCUT2D eigenvalue weighted by molar-refractivity contribution is 8.47. The highest BCUT2D eigenvalue weighted by atomic mass is 32.2. The van der Waals surface area contributed by atoms with Crippen LogP contribution in [0.3, 0.4) is 0 Å². The van der Waals surface area contributed by atoms with Crippen molar-refractivity contribution in [3.63, 3.8) is 0 Å². The zero-order valence-electron chi connectivity index (χ0n) is 7.29. The van der Waals surface area contributed by atoms with Gasteiger partial charge in [0, 0.05) is 0 Å². The summed E-state index contributed by atoms with van der Waals surface area (Å²) in [6, 6.07) is 0. The fourth-order valence-corrected chi connectivity index (χ4v) is 3.33. The lowest BCUT2D eigenvalue weighted by Crippen LogP contribution is -2.28. The van der Waals surface area contributed by atoms with E-state index in [-0.39, 0.29) is 0 Å². The lowest BCUT2D eigenvalue weighted by atomic mass is 10.2. The van der Waals surface area contributed by atoms with Crippen molar-refractivity contribution in [3.05, 3.63) is 0 Å². The van der Waals surface area contributed by atoms with Gasteiger partial charge in [-0.3, -0.25) is 4.79 Å². The number of hydrogen-bond donors (Lipinski definition) is 1. The van der Waals surface area contributed by atoms with Gasteiger partial charge in [-0.1, -0.05) is 30.9 Å². The van der Waals surface area contributed by atoms with E-state index in [1.54, 1.807) is 13.8 Å². The maximum atomic E-state index is 10.7. The zero-order chi connectivity index (χ0) is 9.78. The average Bonchev–Trinajstić information content (AvgIpc) is 1.85. The van der Waals surface area contributed by atoms with Crippen LogP contribution in [-0.4, -0.2) is 25.1 Å². The number of rotatable bonds is 3. The molecule has 0 aromatic carbocycles. The van der Waals surface area contributed by atoms with E-state index in [2.05, 4.69) is 0 Å². The van der Waals surface area contributed by atoms with Gasteiger partial charge in [0.15, 0.2) is 0 Å². The van der Waals surface area contributed by atoms with Crippen molar-refractivity contribution < 1.29 is 9.90 Å². The van der Waals surface area contributed by atoms with Crippen LogP contribution in [0, 0.1) is 0 Å². The molecule has 0 fully saturated rings. The van der Waals surface area contributed by atoms with E-state index in [0.717, 1.165) is 5.75 Å². The predicted molar refractivity (Wildman–Crippen MR) is 60.0 cm³/mol. The number of thiocarbonyl (C=S) groups is 1. The Hall–Kier alpha value is 0.260. The zero-order valence-corrected chi connectivity index (χ0v) is 9.74. The van der Waals surface area contributed by atoms with Crippen molar-refractivity contribution in [2.45, 2.75) is 25.5 Å². The Bertz CT molecular complexity index is 189. The Morgan fingerprint density at radius 3 is 2.42 bits per heavy atom. The topological polar surface area (TPSA) is 37.3 Å². The van der Waals surface area contributed by atoms with Crippen LogP contribution in [0.25, 0.3) is 0 Å². The minimum Gasteiger partial charge on any atom is -0.480 e. The second-order valence-corrected chi connectivity index (χ2v) is 6.69. The van der Waals surface area contributed by atoms with E-state index >= 15 is 0 Å². The van der Waals surface area contributed by atoms with Crippen LogP contribution in [0.5, 0.6) is 0 Å². The first-order valence-corrected chi connectivity index (χ1v) is 5.70. The van der Waals surface area contributed by atoms with Gasteiger partial charge in [-0.25, -0.2) is 0 Å². The Kier molecular flexibility index (Phi) is 5.20. The van der Waals surface area contributed by atoms with Crippen LogP contribution in [0.4, 0.5) is 0 Å². The molecule has 0 saturated carbocycles. The summed E-state index contributed by atoms with van der Waals surface area (Å²) in [7, 11) is 0. The van der Waals surface area contributed by atoms with Gasteiger partial charge < -0.3 is 5.11 Å². The van der Waals surface area contributed by atoms with Crippen LogP contribution < -0.4 is 0 Å². The van der Waals surface area contributed by atoms with Crippen LogP contribution >= 0.6 is 35.7 Å². The molecule has 5 heteroatoms. The summed E-state index contributed by atoms with van der Waals surface area (Å²) in [5.74, 6) is 0.0631. The lowest BCUT2D eigenvalue weighted by Gasteiger charge is -2.17. The van der Waals surface area contributed by atoms with E-state index < -0.39 is 10.7 Å². The molecule has 0 spiro atoms. The molecule has 1 N–H and O–H groups in total. The van der Waals surface area contributed by atoms with E-state index in [9.17, 15) is 4.79 Å². The molecule has 0 aromatic heterocycles. The van der Waals surface area contributed by atoms with E-state index in [1.165, 1.54) is 23.5 Å². The monoisotopic (exact) mass is 224 g/mol. The SMILES string of the molecule is CCSC(=S)SC(C)(C)C(=O)O. The summed E-state index contributed by atoms with van der Waals surface area (Å²) in [5.41, 5.74) is 0. The molecule has 0 aliphatic rings. The van der Waals surface area contributed by atoms with Crippen molar-refractivity contribution in [1.82, 2.24) is 0 Å². The number of aliphatic carboxylic acids is 1. The average molecular weight is 224 g/mol. The molecule has 0 saturated heterocycles.